The molecular weight excluding hydrogens is 2000 g/mol. The molecule has 0 amide bonds. The van der Waals surface area contributed by atoms with Gasteiger partial charge in [-0.2, -0.15) is 0 Å². The third kappa shape index (κ3) is 26.4. The summed E-state index contributed by atoms with van der Waals surface area (Å²) in [5.74, 6) is 7.64. The Morgan fingerprint density at radius 1 is 0.189 bits per heavy atom. The molecule has 23 rings (SSSR count). The summed E-state index contributed by atoms with van der Waals surface area (Å²) in [5.41, 5.74) is 17.2. The van der Waals surface area contributed by atoms with Crippen LogP contribution in [0.2, 0.25) is 0 Å². The molecule has 0 saturated carbocycles. The third-order valence-electron chi connectivity index (χ3n) is 23.3. The maximum absolute atomic E-state index is 10.1. The molecule has 15 N–H and O–H groups in total. The molecule has 5 aromatic heterocycles. The first-order valence-electron chi connectivity index (χ1n) is 46.2. The molecule has 0 aliphatic carbocycles. The van der Waals surface area contributed by atoms with Gasteiger partial charge in [-0.15, -0.1) is 0 Å². The van der Waals surface area contributed by atoms with Gasteiger partial charge >= 0.3 is 14.2 Å². The maximum atomic E-state index is 10.1. The number of phenolic OH excluding ortho intramolecular Hbond substituents is 11. The van der Waals surface area contributed by atoms with E-state index >= 15 is 0 Å². The zero-order valence-corrected chi connectivity index (χ0v) is 81.7. The lowest BCUT2D eigenvalue weighted by Crippen LogP contribution is -2.29. The average Bonchev–Trinajstić information content (AvgIpc) is 1.62. The Morgan fingerprint density at radius 3 is 0.655 bits per heavy atom. The van der Waals surface area contributed by atoms with Gasteiger partial charge in [0.15, 0.2) is 0 Å². The first-order valence-corrected chi connectivity index (χ1v) is 47.8. The number of hydrogen-bond donors (Lipinski definition) is 15. The maximum Gasteiger partial charge on any atom is 0.488 e. The molecule has 0 aliphatic rings. The van der Waals surface area contributed by atoms with Gasteiger partial charge in [-0.3, -0.25) is 0 Å². The molecule has 23 nitrogen and oxygen atoms in total. The number of ether oxygens (including phenoxy) is 3. The van der Waals surface area contributed by atoms with Crippen molar-refractivity contribution in [3.8, 4) is 170 Å². The Kier molecular flexibility index (Phi) is 32.4. The van der Waals surface area contributed by atoms with Crippen LogP contribution >= 0.6 is 31.9 Å². The molecule has 0 atom stereocenters. The van der Waals surface area contributed by atoms with Crippen molar-refractivity contribution in [1.29, 1.82) is 0 Å². The van der Waals surface area contributed by atoms with Crippen LogP contribution in [0.15, 0.2) is 462 Å². The van der Waals surface area contributed by atoms with Gasteiger partial charge < -0.3 is 113 Å². The van der Waals surface area contributed by atoms with E-state index in [9.17, 15) is 56.2 Å². The highest BCUT2D eigenvalue weighted by Crippen LogP contribution is 2.45. The summed E-state index contributed by atoms with van der Waals surface area (Å²) in [6, 6.07) is 127. The van der Waals surface area contributed by atoms with Gasteiger partial charge in [0.25, 0.3) is 0 Å². The van der Waals surface area contributed by atoms with Crippen molar-refractivity contribution in [3.63, 3.8) is 0 Å². The fourth-order valence-electron chi connectivity index (χ4n) is 15.9. The van der Waals surface area contributed by atoms with E-state index in [2.05, 4.69) is 31.9 Å². The SMILES string of the molecule is OB(O)c1ccc(OCc2ccccc2)cc1.OB(O)c1ccccc1.Oc1ccc(-c2cc(O)ccc2-c2cc3cc(O)ccc3o2)cc1.Oc1ccc(-c2cc3cc(O)ccc3o2)c(-c2ccc(OCc3ccccc3)cc2)c1.Oc1ccc(-c2cc3cc(O)ccc3o2)c(-c2ccc(OCc3ccccc3)cc2)c1.Oc1ccc(-c2cc3cc(O)ccc3o2)c(Br)c1.Oc1ccc(-c2cc3cc(O)ccc3o2)c(Br)c1. The molecule has 0 radical (unpaired) electrons. The molecule has 23 aromatic rings. The Balaban J connectivity index is 0.000000121. The van der Waals surface area contributed by atoms with Gasteiger partial charge in [-0.1, -0.05) is 170 Å². The van der Waals surface area contributed by atoms with E-state index in [1.54, 1.807) is 243 Å². The number of fused-ring (bicyclic) bond motifs is 5. The largest absolute Gasteiger partial charge is 0.508 e. The highest BCUT2D eigenvalue weighted by Gasteiger charge is 2.21. The second-order valence-electron chi connectivity index (χ2n) is 33.8. The minimum atomic E-state index is -1.43. The van der Waals surface area contributed by atoms with Crippen molar-refractivity contribution in [1.82, 2.24) is 0 Å². The number of rotatable bonds is 19. The van der Waals surface area contributed by atoms with E-state index in [0.29, 0.717) is 93.2 Å². The van der Waals surface area contributed by atoms with Gasteiger partial charge in [0, 0.05) is 63.7 Å². The lowest BCUT2D eigenvalue weighted by molar-refractivity contribution is 0.306. The van der Waals surface area contributed by atoms with E-state index in [0.717, 1.165) is 125 Å². The van der Waals surface area contributed by atoms with Gasteiger partial charge in [-0.05, 0) is 354 Å². The fourth-order valence-corrected chi connectivity index (χ4v) is 17.0. The number of halogens is 2. The predicted octanol–water partition coefficient (Wildman–Crippen LogP) is 27.3. The Hall–Kier alpha value is -18.2. The van der Waals surface area contributed by atoms with Crippen molar-refractivity contribution < 1.29 is 113 Å². The fraction of sp³-hybridized carbons (Fsp3) is 0.0248. The van der Waals surface area contributed by atoms with Crippen LogP contribution in [0.3, 0.4) is 0 Å². The summed E-state index contributed by atoms with van der Waals surface area (Å²) < 4.78 is 48.2. The molecule has 0 fully saturated rings. The molecule has 27 heteroatoms. The predicted molar refractivity (Wildman–Crippen MR) is 583 cm³/mol. The molecule has 5 heterocycles. The zero-order chi connectivity index (χ0) is 103. The van der Waals surface area contributed by atoms with Crippen molar-refractivity contribution >= 4 is 112 Å². The quantitative estimate of drug-likeness (QED) is 0.0334. The monoisotopic (exact) mass is 2090 g/mol. The first kappa shape index (κ1) is 101. The summed E-state index contributed by atoms with van der Waals surface area (Å²) in [7, 11) is -2.77. The zero-order valence-electron chi connectivity index (χ0n) is 78.5. The molecule has 0 bridgehead atoms. The van der Waals surface area contributed by atoms with Crippen LogP contribution in [0.1, 0.15) is 16.7 Å². The summed E-state index contributed by atoms with van der Waals surface area (Å²) in [6.07, 6.45) is 0. The smallest absolute Gasteiger partial charge is 0.488 e. The number of benzene rings is 18. The molecule has 734 valence electrons. The lowest BCUT2D eigenvalue weighted by Gasteiger charge is -2.11. The van der Waals surface area contributed by atoms with Crippen molar-refractivity contribution in [2.75, 3.05) is 0 Å². The number of furan rings is 5. The molecule has 0 saturated heterocycles. The molecule has 0 unspecified atom stereocenters. The summed E-state index contributed by atoms with van der Waals surface area (Å²) in [6.45, 7) is 1.51. The Labute approximate surface area is 865 Å². The third-order valence-corrected chi connectivity index (χ3v) is 24.6. The molecule has 148 heavy (non-hydrogen) atoms. The second-order valence-corrected chi connectivity index (χ2v) is 35.5. The molecule has 0 aliphatic heterocycles. The summed E-state index contributed by atoms with van der Waals surface area (Å²) in [5, 5.41) is 145. The highest BCUT2D eigenvalue weighted by atomic mass is 79.9. The van der Waals surface area contributed by atoms with Crippen molar-refractivity contribution in [2.24, 2.45) is 0 Å². The van der Waals surface area contributed by atoms with Crippen LogP contribution in [-0.2, 0) is 19.8 Å². The van der Waals surface area contributed by atoms with Crippen LogP contribution in [0.4, 0.5) is 0 Å². The average molecular weight is 2100 g/mol. The van der Waals surface area contributed by atoms with E-state index in [4.69, 9.17) is 56.4 Å². The standard InChI is InChI=1S/2C27H20O4.C20H14O4.2C14H9BrO3.C13H13BO3.C6H7BO2/c2*28-21-9-13-26-20(14-21)15-27(31-26)24-12-8-22(29)16-25(24)19-6-10-23(11-7-19)30-17-18-4-2-1-3-5-18;21-14-3-1-12(2-4-14)18-11-16(23)5-7-17(18)20-10-13-9-15(22)6-8-19(13)24-20;2*15-12-7-10(17)1-3-11(12)14-6-8-5-9(16)2-4-13(8)18-14;15-14(16)12-6-8-13(9-7-12)17-10-11-4-2-1-3-5-11;8-7(9)6-4-2-1-3-5-6/h2*1-16,28-29H,17H2;1-11,21-23H;2*1-7,16-17H;1-9,15-16H,10H2;1-5,8-9H. The number of hydrogen-bond acceptors (Lipinski definition) is 23. The van der Waals surface area contributed by atoms with E-state index in [-0.39, 0.29) is 63.2 Å². The van der Waals surface area contributed by atoms with E-state index < -0.39 is 14.2 Å². The Morgan fingerprint density at radius 2 is 0.399 bits per heavy atom. The van der Waals surface area contributed by atoms with Gasteiger partial charge in [0.2, 0.25) is 0 Å². The Bertz CT molecular complexity index is 8090. The topological polar surface area (TPSA) is 397 Å². The van der Waals surface area contributed by atoms with Crippen LogP contribution in [0.25, 0.3) is 145 Å². The lowest BCUT2D eigenvalue weighted by atomic mass is 9.80. The summed E-state index contributed by atoms with van der Waals surface area (Å²) >= 11 is 6.77. The minimum Gasteiger partial charge on any atom is -0.508 e. The summed E-state index contributed by atoms with van der Waals surface area (Å²) in [4.78, 5) is 0. The first-order chi connectivity index (χ1) is 71.7. The number of phenols is 11. The molecule has 0 spiro atoms. The van der Waals surface area contributed by atoms with Crippen molar-refractivity contribution in [3.05, 3.63) is 456 Å². The van der Waals surface area contributed by atoms with Crippen LogP contribution in [0.5, 0.6) is 80.5 Å². The van der Waals surface area contributed by atoms with Crippen LogP contribution in [0, 0.1) is 0 Å². The molecule has 18 aromatic carbocycles. The second kappa shape index (κ2) is 47.3. The van der Waals surface area contributed by atoms with Gasteiger partial charge in [0.05, 0.1) is 0 Å². The van der Waals surface area contributed by atoms with E-state index in [1.165, 1.54) is 0 Å². The van der Waals surface area contributed by atoms with Crippen molar-refractivity contribution in [2.45, 2.75) is 19.8 Å². The van der Waals surface area contributed by atoms with Gasteiger partial charge in [-0.25, -0.2) is 0 Å². The minimum absolute atomic E-state index is 0.149. The number of aromatic hydroxyl groups is 11. The highest BCUT2D eigenvalue weighted by molar-refractivity contribution is 9.11. The van der Waals surface area contributed by atoms with Crippen LogP contribution < -0.4 is 25.1 Å². The van der Waals surface area contributed by atoms with E-state index in [1.807, 2.05) is 188 Å². The van der Waals surface area contributed by atoms with Gasteiger partial charge in [0.1, 0.15) is 157 Å². The van der Waals surface area contributed by atoms with Crippen LogP contribution in [-0.4, -0.2) is 90.5 Å². The molecular formula is C121H92B2Br2O23. The normalized spacial score (nSPS) is 10.7.